The van der Waals surface area contributed by atoms with E-state index in [-0.39, 0.29) is 11.8 Å². The fourth-order valence-electron chi connectivity index (χ4n) is 5.26. The molecule has 6 heteroatoms. The summed E-state index contributed by atoms with van der Waals surface area (Å²) in [5.74, 6) is -0.383. The lowest BCUT2D eigenvalue weighted by Crippen LogP contribution is -2.64. The monoisotopic (exact) mass is 318 g/mol. The van der Waals surface area contributed by atoms with Crippen LogP contribution in [0.15, 0.2) is 0 Å². The van der Waals surface area contributed by atoms with E-state index in [1.165, 1.54) is 0 Å². The molecule has 3 rings (SSSR count). The molecule has 0 radical (unpaired) electrons. The van der Waals surface area contributed by atoms with Crippen LogP contribution >= 0.6 is 0 Å². The van der Waals surface area contributed by atoms with Crippen molar-refractivity contribution in [1.29, 1.82) is 0 Å². The lowest BCUT2D eigenvalue weighted by molar-refractivity contribution is -0.249. The number of rotatable bonds is 2. The molecule has 2 saturated heterocycles. The summed E-state index contributed by atoms with van der Waals surface area (Å²) in [5.41, 5.74) is -1.08. The molecule has 0 aromatic rings. The average molecular weight is 318 g/mol. The van der Waals surface area contributed by atoms with Crippen molar-refractivity contribution in [2.45, 2.75) is 75.4 Å². The molecule has 2 heterocycles. The van der Waals surface area contributed by atoms with Gasteiger partial charge in [0.25, 0.3) is 10.1 Å². The second-order valence-corrected chi connectivity index (χ2v) is 9.81. The zero-order chi connectivity index (χ0) is 15.8. The fraction of sp³-hybridized carbons (Fsp3) is 1.00. The van der Waals surface area contributed by atoms with Crippen LogP contribution < -0.4 is 0 Å². The van der Waals surface area contributed by atoms with Gasteiger partial charge in [0, 0.05) is 5.92 Å². The summed E-state index contributed by atoms with van der Waals surface area (Å²) in [5, 5.41) is 11.0. The van der Waals surface area contributed by atoms with E-state index in [0.717, 1.165) is 12.8 Å². The lowest BCUT2D eigenvalue weighted by Gasteiger charge is -2.53. The average Bonchev–Trinajstić information content (AvgIpc) is 2.86. The van der Waals surface area contributed by atoms with Crippen LogP contribution in [0, 0.1) is 17.8 Å². The zero-order valence-electron chi connectivity index (χ0n) is 13.2. The van der Waals surface area contributed by atoms with Crippen molar-refractivity contribution in [3.05, 3.63) is 0 Å². The Balaban J connectivity index is 2.13. The fourth-order valence-corrected chi connectivity index (χ4v) is 6.27. The first-order valence-electron chi connectivity index (χ1n) is 7.83. The van der Waals surface area contributed by atoms with Crippen molar-refractivity contribution in [1.82, 2.24) is 0 Å². The normalized spacial score (nSPS) is 53.2. The van der Waals surface area contributed by atoms with Gasteiger partial charge >= 0.3 is 0 Å². The van der Waals surface area contributed by atoms with Gasteiger partial charge in [-0.1, -0.05) is 13.8 Å². The molecule has 1 aliphatic carbocycles. The van der Waals surface area contributed by atoms with Crippen LogP contribution in [0.3, 0.4) is 0 Å². The van der Waals surface area contributed by atoms with E-state index in [9.17, 15) is 18.1 Å². The Kier molecular flexibility index (Phi) is 3.16. The second-order valence-electron chi connectivity index (χ2n) is 7.93. The molecule has 21 heavy (non-hydrogen) atoms. The first kappa shape index (κ1) is 15.7. The minimum Gasteiger partial charge on any atom is -0.390 e. The number of ether oxygens (including phenoxy) is 1. The third-order valence-corrected chi connectivity index (χ3v) is 8.37. The molecular formula is C15H26O5S. The van der Waals surface area contributed by atoms with E-state index < -0.39 is 38.1 Å². The molecule has 0 aromatic carbocycles. The second kappa shape index (κ2) is 4.22. The number of fused-ring (bicyclic) bond motifs is 4. The van der Waals surface area contributed by atoms with Gasteiger partial charge in [0.1, 0.15) is 4.75 Å². The zero-order valence-corrected chi connectivity index (χ0v) is 14.0. The van der Waals surface area contributed by atoms with Crippen molar-refractivity contribution in [3.63, 3.8) is 0 Å². The Morgan fingerprint density at radius 2 is 1.81 bits per heavy atom. The van der Waals surface area contributed by atoms with Crippen molar-refractivity contribution in [2.75, 3.05) is 0 Å². The van der Waals surface area contributed by atoms with E-state index in [2.05, 4.69) is 0 Å². The number of hydrogen-bond donors (Lipinski definition) is 2. The maximum absolute atomic E-state index is 12.0. The summed E-state index contributed by atoms with van der Waals surface area (Å²) in [6.07, 6.45) is 1.78. The first-order valence-corrected chi connectivity index (χ1v) is 9.27. The number of hydrogen-bond acceptors (Lipinski definition) is 4. The molecule has 5 nitrogen and oxygen atoms in total. The quantitative estimate of drug-likeness (QED) is 0.761. The molecule has 2 bridgehead atoms. The molecular weight excluding hydrogens is 292 g/mol. The van der Waals surface area contributed by atoms with Gasteiger partial charge in [-0.25, -0.2) is 0 Å². The van der Waals surface area contributed by atoms with Crippen LogP contribution in [0.4, 0.5) is 0 Å². The third-order valence-electron chi connectivity index (χ3n) is 6.72. The van der Waals surface area contributed by atoms with Crippen molar-refractivity contribution >= 4 is 10.1 Å². The van der Waals surface area contributed by atoms with Gasteiger partial charge in [0.2, 0.25) is 0 Å². The molecule has 1 saturated carbocycles. The molecule has 3 aliphatic rings. The van der Waals surface area contributed by atoms with Crippen molar-refractivity contribution < 1.29 is 22.8 Å². The summed E-state index contributed by atoms with van der Waals surface area (Å²) < 4.78 is 38.8. The topological polar surface area (TPSA) is 83.8 Å². The van der Waals surface area contributed by atoms with Crippen molar-refractivity contribution in [3.8, 4) is 0 Å². The summed E-state index contributed by atoms with van der Waals surface area (Å²) in [4.78, 5) is 0. The summed E-state index contributed by atoms with van der Waals surface area (Å²) in [6, 6.07) is 0. The molecule has 6 atom stereocenters. The molecule has 3 fully saturated rings. The molecule has 122 valence electrons. The molecule has 0 spiro atoms. The number of aliphatic hydroxyl groups is 1. The van der Waals surface area contributed by atoms with E-state index >= 15 is 0 Å². The van der Waals surface area contributed by atoms with Gasteiger partial charge in [0.05, 0.1) is 17.3 Å². The summed E-state index contributed by atoms with van der Waals surface area (Å²) >= 11 is 0. The van der Waals surface area contributed by atoms with E-state index in [0.29, 0.717) is 12.8 Å². The minimum absolute atomic E-state index is 0.0196. The molecule has 0 aromatic heterocycles. The smallest absolute Gasteiger partial charge is 0.270 e. The van der Waals surface area contributed by atoms with E-state index in [4.69, 9.17) is 4.74 Å². The van der Waals surface area contributed by atoms with Crippen LogP contribution in [0.2, 0.25) is 0 Å². The predicted octanol–water partition coefficient (Wildman–Crippen LogP) is 2.00. The van der Waals surface area contributed by atoms with Crippen LogP contribution in [-0.4, -0.2) is 40.1 Å². The highest BCUT2D eigenvalue weighted by atomic mass is 32.2. The highest BCUT2D eigenvalue weighted by Crippen LogP contribution is 2.63. The molecule has 0 unspecified atom stereocenters. The van der Waals surface area contributed by atoms with Crippen LogP contribution in [0.5, 0.6) is 0 Å². The maximum atomic E-state index is 12.0. The largest absolute Gasteiger partial charge is 0.390 e. The van der Waals surface area contributed by atoms with Gasteiger partial charge < -0.3 is 9.84 Å². The molecule has 0 amide bonds. The van der Waals surface area contributed by atoms with E-state index in [1.54, 1.807) is 6.92 Å². The third kappa shape index (κ3) is 1.76. The Hall–Kier alpha value is -0.170. The van der Waals surface area contributed by atoms with Gasteiger partial charge in [-0.05, 0) is 51.4 Å². The molecule has 2 aliphatic heterocycles. The Morgan fingerprint density at radius 1 is 1.19 bits per heavy atom. The van der Waals surface area contributed by atoms with Gasteiger partial charge in [-0.2, -0.15) is 8.42 Å². The van der Waals surface area contributed by atoms with E-state index in [1.807, 2.05) is 20.8 Å². The van der Waals surface area contributed by atoms with Gasteiger partial charge in [0.15, 0.2) is 0 Å². The lowest BCUT2D eigenvalue weighted by atomic mass is 9.69. The van der Waals surface area contributed by atoms with Crippen LogP contribution in [-0.2, 0) is 14.9 Å². The maximum Gasteiger partial charge on any atom is 0.270 e. The van der Waals surface area contributed by atoms with Crippen LogP contribution in [0.25, 0.3) is 0 Å². The Labute approximate surface area is 126 Å². The van der Waals surface area contributed by atoms with Crippen molar-refractivity contribution in [2.24, 2.45) is 17.8 Å². The first-order chi connectivity index (χ1) is 9.48. The Morgan fingerprint density at radius 3 is 2.33 bits per heavy atom. The Bertz CT molecular complexity index is 558. The van der Waals surface area contributed by atoms with Gasteiger partial charge in [-0.15, -0.1) is 0 Å². The minimum atomic E-state index is -4.22. The standard InChI is InChI=1S/C15H26O5S/c1-9(2)15-8-7-13(3,20-15)10-5-6-14(4,21(17,18)19)11(10)12(15)16/h9-12,16H,5-8H2,1-4H3,(H,17,18,19)/t10-,11-,12+,13-,14+,15-/m0/s1. The van der Waals surface area contributed by atoms with Crippen LogP contribution in [0.1, 0.15) is 53.4 Å². The van der Waals surface area contributed by atoms with Gasteiger partial charge in [-0.3, -0.25) is 4.55 Å². The highest BCUT2D eigenvalue weighted by molar-refractivity contribution is 7.87. The number of aliphatic hydroxyl groups excluding tert-OH is 1. The molecule has 2 N–H and O–H groups in total. The SMILES string of the molecule is CC(C)[C@]12CC[C@](C)(O1)[C@H]1CC[C@@](C)(S(=O)(=O)O)[C@@H]1[C@H]2O. The highest BCUT2D eigenvalue weighted by Gasteiger charge is 2.71. The predicted molar refractivity (Wildman–Crippen MR) is 78.5 cm³/mol. The summed E-state index contributed by atoms with van der Waals surface area (Å²) in [6.45, 7) is 7.64. The summed E-state index contributed by atoms with van der Waals surface area (Å²) in [7, 11) is -4.22.